The monoisotopic (exact) mass is 330 g/mol. The van der Waals surface area contributed by atoms with Gasteiger partial charge in [-0.2, -0.15) is 13.2 Å². The van der Waals surface area contributed by atoms with Crippen LogP contribution < -0.4 is 0 Å². The third-order valence-electron chi connectivity index (χ3n) is 3.33. The summed E-state index contributed by atoms with van der Waals surface area (Å²) >= 11 is 0. The van der Waals surface area contributed by atoms with Gasteiger partial charge in [0, 0.05) is 19.4 Å². The molecular weight excluding hydrogens is 319 g/mol. The Kier molecular flexibility index (Phi) is 3.78. The van der Waals surface area contributed by atoms with Crippen molar-refractivity contribution in [2.75, 3.05) is 6.61 Å². The molecule has 118 valence electrons. The van der Waals surface area contributed by atoms with E-state index in [9.17, 15) is 30.4 Å². The van der Waals surface area contributed by atoms with Gasteiger partial charge in [0.2, 0.25) is 0 Å². The molecule has 9 heteroatoms. The number of rotatable bonds is 3. The molecule has 0 atom stereocenters. The normalized spacial score (nSPS) is 17.8. The van der Waals surface area contributed by atoms with E-state index in [0.29, 0.717) is 6.07 Å². The highest BCUT2D eigenvalue weighted by Gasteiger charge is 2.50. The molecule has 0 saturated heterocycles. The average Bonchev–Trinajstić information content (AvgIpc) is 2.63. The zero-order chi connectivity index (χ0) is 16.1. The molecule has 21 heavy (non-hydrogen) atoms. The fourth-order valence-electron chi connectivity index (χ4n) is 2.44. The van der Waals surface area contributed by atoms with Crippen LogP contribution in [0.5, 0.6) is 0 Å². The van der Waals surface area contributed by atoms with Gasteiger partial charge in [-0.1, -0.05) is 6.07 Å². The van der Waals surface area contributed by atoms with E-state index in [-0.39, 0.29) is 24.2 Å². The van der Waals surface area contributed by atoms with Crippen molar-refractivity contribution in [3.8, 4) is 0 Å². The highest BCUT2D eigenvalue weighted by molar-refractivity contribution is 7.92. The molecule has 0 aliphatic heterocycles. The Morgan fingerprint density at radius 2 is 1.71 bits per heavy atom. The summed E-state index contributed by atoms with van der Waals surface area (Å²) in [5, 5.41) is 8.85. The van der Waals surface area contributed by atoms with E-state index in [2.05, 4.69) is 0 Å². The molecule has 2 rings (SSSR count). The number of aliphatic hydroxyl groups is 1. The molecule has 1 aliphatic carbocycles. The third-order valence-corrected chi connectivity index (χ3v) is 4.90. The molecule has 0 bridgehead atoms. The number of aliphatic hydroxyl groups excluding tert-OH is 1. The van der Waals surface area contributed by atoms with E-state index >= 15 is 0 Å². The van der Waals surface area contributed by atoms with Crippen LogP contribution in [0.15, 0.2) is 17.0 Å². The van der Waals surface area contributed by atoms with Crippen LogP contribution in [-0.4, -0.2) is 31.6 Å². The molecule has 0 unspecified atom stereocenters. The predicted octanol–water partition coefficient (Wildman–Crippen LogP) is 2.25. The van der Waals surface area contributed by atoms with Crippen molar-refractivity contribution in [1.29, 1.82) is 0 Å². The van der Waals surface area contributed by atoms with Gasteiger partial charge in [-0.05, 0) is 29.2 Å². The number of hydrogen-bond donors (Lipinski definition) is 1. The van der Waals surface area contributed by atoms with Gasteiger partial charge in [-0.25, -0.2) is 17.2 Å². The summed E-state index contributed by atoms with van der Waals surface area (Å²) < 4.78 is 87.8. The zero-order valence-corrected chi connectivity index (χ0v) is 11.4. The Bertz CT molecular complexity index is 664. The van der Waals surface area contributed by atoms with E-state index in [1.54, 1.807) is 0 Å². The zero-order valence-electron chi connectivity index (χ0n) is 10.5. The molecule has 0 saturated carbocycles. The van der Waals surface area contributed by atoms with Crippen molar-refractivity contribution in [1.82, 2.24) is 0 Å². The highest BCUT2D eigenvalue weighted by atomic mass is 32.2. The topological polar surface area (TPSA) is 54.4 Å². The third kappa shape index (κ3) is 2.76. The van der Waals surface area contributed by atoms with Crippen molar-refractivity contribution < 1.29 is 35.5 Å². The minimum atomic E-state index is -5.68. The predicted molar refractivity (Wildman–Crippen MR) is 62.8 cm³/mol. The van der Waals surface area contributed by atoms with Gasteiger partial charge in [0.15, 0.2) is 0 Å². The molecule has 1 aromatic rings. The van der Waals surface area contributed by atoms with E-state index in [1.165, 1.54) is 0 Å². The van der Waals surface area contributed by atoms with Crippen molar-refractivity contribution in [3.05, 3.63) is 28.8 Å². The second kappa shape index (κ2) is 4.91. The number of halogens is 5. The number of alkyl halides is 5. The number of hydrogen-bond acceptors (Lipinski definition) is 3. The van der Waals surface area contributed by atoms with Gasteiger partial charge in [0.1, 0.15) is 0 Å². The Hall–Kier alpha value is -1.22. The van der Waals surface area contributed by atoms with Crippen molar-refractivity contribution in [2.45, 2.75) is 35.6 Å². The van der Waals surface area contributed by atoms with Crippen molar-refractivity contribution >= 4 is 9.84 Å². The molecule has 1 aliphatic rings. The molecule has 1 aromatic carbocycles. The lowest BCUT2D eigenvalue weighted by Crippen LogP contribution is -2.25. The highest BCUT2D eigenvalue weighted by Crippen LogP contribution is 2.42. The lowest BCUT2D eigenvalue weighted by Gasteiger charge is -2.14. The van der Waals surface area contributed by atoms with Crippen LogP contribution in [0.1, 0.15) is 16.7 Å². The smallest absolute Gasteiger partial charge is 0.396 e. The summed E-state index contributed by atoms with van der Waals surface area (Å²) in [5.41, 5.74) is -5.91. The van der Waals surface area contributed by atoms with Crippen molar-refractivity contribution in [3.63, 3.8) is 0 Å². The maximum Gasteiger partial charge on any atom is 0.501 e. The minimum Gasteiger partial charge on any atom is -0.396 e. The summed E-state index contributed by atoms with van der Waals surface area (Å²) in [6, 6.07) is 1.74. The number of benzene rings is 1. The summed E-state index contributed by atoms with van der Waals surface area (Å²) in [6.07, 6.45) is -1.89. The van der Waals surface area contributed by atoms with Crippen LogP contribution >= 0.6 is 0 Å². The van der Waals surface area contributed by atoms with Crippen LogP contribution in [0.3, 0.4) is 0 Å². The SMILES string of the molecule is O=S(=O)(c1ccc(CCO)c2c1CC(F)(F)C2)C(F)(F)F. The fourth-order valence-corrected chi connectivity index (χ4v) is 3.46. The first-order valence-corrected chi connectivity index (χ1v) is 7.41. The molecule has 0 spiro atoms. The van der Waals surface area contributed by atoms with Gasteiger partial charge in [-0.15, -0.1) is 0 Å². The maximum absolute atomic E-state index is 13.5. The quantitative estimate of drug-likeness (QED) is 0.865. The summed E-state index contributed by atoms with van der Waals surface area (Å²) in [4.78, 5) is -1.12. The van der Waals surface area contributed by atoms with E-state index in [4.69, 9.17) is 5.11 Å². The molecule has 0 amide bonds. The van der Waals surface area contributed by atoms with Crippen LogP contribution in [0.4, 0.5) is 22.0 Å². The second-order valence-electron chi connectivity index (χ2n) is 4.81. The van der Waals surface area contributed by atoms with Crippen LogP contribution in [-0.2, 0) is 29.1 Å². The van der Waals surface area contributed by atoms with Gasteiger partial charge < -0.3 is 5.11 Å². The Morgan fingerprint density at radius 3 is 2.24 bits per heavy atom. The van der Waals surface area contributed by atoms with Crippen LogP contribution in [0.25, 0.3) is 0 Å². The van der Waals surface area contributed by atoms with E-state index < -0.39 is 44.6 Å². The van der Waals surface area contributed by atoms with Gasteiger partial charge >= 0.3 is 5.51 Å². The molecule has 1 N–H and O–H groups in total. The molecule has 3 nitrogen and oxygen atoms in total. The second-order valence-corrected chi connectivity index (χ2v) is 6.72. The Labute approximate surface area is 117 Å². The first-order valence-electron chi connectivity index (χ1n) is 5.93. The van der Waals surface area contributed by atoms with Gasteiger partial charge in [0.05, 0.1) is 4.90 Å². The first-order chi connectivity index (χ1) is 9.49. The molecule has 0 aromatic heterocycles. The Balaban J connectivity index is 2.66. The number of fused-ring (bicyclic) bond motifs is 1. The largest absolute Gasteiger partial charge is 0.501 e. The van der Waals surface area contributed by atoms with Gasteiger partial charge in [0.25, 0.3) is 15.8 Å². The van der Waals surface area contributed by atoms with Crippen LogP contribution in [0, 0.1) is 0 Å². The maximum atomic E-state index is 13.5. The van der Waals surface area contributed by atoms with Gasteiger partial charge in [-0.3, -0.25) is 0 Å². The number of sulfone groups is 1. The molecular formula is C12H11F5O3S. The molecule has 0 heterocycles. The standard InChI is InChI=1S/C12H11F5O3S/c13-11(14)5-8-7(3-4-18)1-2-10(9(8)6-11)21(19,20)12(15,16)17/h1-2,18H,3-6H2. The summed E-state index contributed by atoms with van der Waals surface area (Å²) in [6.45, 7) is -0.372. The van der Waals surface area contributed by atoms with Crippen molar-refractivity contribution in [2.24, 2.45) is 0 Å². The van der Waals surface area contributed by atoms with E-state index in [1.807, 2.05) is 0 Å². The first kappa shape index (κ1) is 16.2. The fraction of sp³-hybridized carbons (Fsp3) is 0.500. The minimum absolute atomic E-state index is 0.0231. The molecule has 0 fully saturated rings. The lowest BCUT2D eigenvalue weighted by molar-refractivity contribution is -0.0437. The molecule has 0 radical (unpaired) electrons. The van der Waals surface area contributed by atoms with Crippen LogP contribution in [0.2, 0.25) is 0 Å². The Morgan fingerprint density at radius 1 is 1.14 bits per heavy atom. The summed E-state index contributed by atoms with van der Waals surface area (Å²) in [7, 11) is -5.68. The average molecular weight is 330 g/mol. The van der Waals surface area contributed by atoms with E-state index in [0.717, 1.165) is 6.07 Å². The summed E-state index contributed by atoms with van der Waals surface area (Å²) in [5.74, 6) is -3.29. The lowest BCUT2D eigenvalue weighted by atomic mass is 10.0.